The van der Waals surface area contributed by atoms with Gasteiger partial charge >= 0.3 is 5.97 Å². The molecule has 1 saturated heterocycles. The van der Waals surface area contributed by atoms with E-state index in [1.807, 2.05) is 12.2 Å². The maximum atomic E-state index is 13.6. The first-order valence-electron chi connectivity index (χ1n) is 10.4. The van der Waals surface area contributed by atoms with Crippen molar-refractivity contribution in [3.8, 4) is 16.9 Å². The van der Waals surface area contributed by atoms with Gasteiger partial charge in [0.1, 0.15) is 17.7 Å². The minimum absolute atomic E-state index is 0.0292. The molecular formula is C25H29FO4. The van der Waals surface area contributed by atoms with Gasteiger partial charge in [0, 0.05) is 12.0 Å². The highest BCUT2D eigenvalue weighted by Crippen LogP contribution is 2.42. The molecule has 2 aromatic rings. The number of aliphatic hydroxyl groups is 1. The molecule has 1 aliphatic rings. The molecule has 2 atom stereocenters. The molecule has 0 radical (unpaired) electrons. The summed E-state index contributed by atoms with van der Waals surface area (Å²) in [6.45, 7) is 6.32. The van der Waals surface area contributed by atoms with Gasteiger partial charge in [-0.25, -0.2) is 4.39 Å². The van der Waals surface area contributed by atoms with Crippen molar-refractivity contribution in [2.75, 3.05) is 7.11 Å². The van der Waals surface area contributed by atoms with Crippen LogP contribution in [0.4, 0.5) is 4.39 Å². The van der Waals surface area contributed by atoms with Crippen LogP contribution < -0.4 is 4.74 Å². The Morgan fingerprint density at radius 1 is 1.30 bits per heavy atom. The van der Waals surface area contributed by atoms with Gasteiger partial charge in [0.05, 0.1) is 19.6 Å². The van der Waals surface area contributed by atoms with E-state index in [0.717, 1.165) is 40.0 Å². The van der Waals surface area contributed by atoms with Crippen LogP contribution in [0.5, 0.6) is 5.75 Å². The van der Waals surface area contributed by atoms with Crippen LogP contribution >= 0.6 is 0 Å². The van der Waals surface area contributed by atoms with Crippen molar-refractivity contribution in [2.45, 2.75) is 58.2 Å². The molecule has 1 heterocycles. The predicted octanol–water partition coefficient (Wildman–Crippen LogP) is 5.27. The summed E-state index contributed by atoms with van der Waals surface area (Å²) >= 11 is 0. The Bertz CT molecular complexity index is 931. The van der Waals surface area contributed by atoms with E-state index in [9.17, 15) is 14.3 Å². The van der Waals surface area contributed by atoms with E-state index in [0.29, 0.717) is 6.42 Å². The van der Waals surface area contributed by atoms with Crippen molar-refractivity contribution in [3.63, 3.8) is 0 Å². The third kappa shape index (κ3) is 4.73. The Labute approximate surface area is 177 Å². The lowest BCUT2D eigenvalue weighted by Crippen LogP contribution is -2.31. The molecular weight excluding hydrogens is 383 g/mol. The molecule has 30 heavy (non-hydrogen) atoms. The van der Waals surface area contributed by atoms with Crippen LogP contribution in [0.25, 0.3) is 17.2 Å². The third-order valence-corrected chi connectivity index (χ3v) is 5.44. The fraction of sp³-hybridized carbons (Fsp3) is 0.400. The fourth-order valence-corrected chi connectivity index (χ4v) is 3.94. The van der Waals surface area contributed by atoms with Gasteiger partial charge in [-0.1, -0.05) is 45.0 Å². The second kappa shape index (κ2) is 9.43. The van der Waals surface area contributed by atoms with E-state index in [1.165, 1.54) is 12.1 Å². The average Bonchev–Trinajstić information content (AvgIpc) is 2.70. The van der Waals surface area contributed by atoms with Crippen molar-refractivity contribution in [2.24, 2.45) is 0 Å². The lowest BCUT2D eigenvalue weighted by atomic mass is 9.86. The van der Waals surface area contributed by atoms with Crippen LogP contribution in [0.3, 0.4) is 0 Å². The van der Waals surface area contributed by atoms with Crippen LogP contribution in [-0.4, -0.2) is 30.4 Å². The van der Waals surface area contributed by atoms with E-state index in [1.54, 1.807) is 19.2 Å². The molecule has 0 saturated carbocycles. The molecule has 0 bridgehead atoms. The van der Waals surface area contributed by atoms with Crippen LogP contribution in [0.2, 0.25) is 0 Å². The first-order chi connectivity index (χ1) is 14.3. The van der Waals surface area contributed by atoms with Crippen molar-refractivity contribution in [3.05, 3.63) is 58.9 Å². The Hall–Kier alpha value is -2.66. The summed E-state index contributed by atoms with van der Waals surface area (Å²) in [6, 6.07) is 8.53. The average molecular weight is 413 g/mol. The minimum Gasteiger partial charge on any atom is -0.496 e. The standard InChI is InChI=1S/C25H29FO4/c1-5-16-12-22(15(2)3)21(11-10-20-13-19(27)14-23(28)30-20)24(25(16)29-4)17-6-8-18(26)9-7-17/h6-12,15,19-20,27H,5,13-14H2,1-4H3/b11-10+. The summed E-state index contributed by atoms with van der Waals surface area (Å²) in [5, 5.41) is 9.91. The summed E-state index contributed by atoms with van der Waals surface area (Å²) in [4.78, 5) is 11.7. The van der Waals surface area contributed by atoms with Gasteiger partial charge in [-0.15, -0.1) is 0 Å². The number of carbonyl (C=O) groups excluding carboxylic acids is 1. The smallest absolute Gasteiger partial charge is 0.309 e. The third-order valence-electron chi connectivity index (χ3n) is 5.44. The molecule has 0 aromatic heterocycles. The van der Waals surface area contributed by atoms with Gasteiger partial charge in [-0.05, 0) is 52.8 Å². The number of esters is 1. The molecule has 0 amide bonds. The highest BCUT2D eigenvalue weighted by atomic mass is 19.1. The number of hydrogen-bond acceptors (Lipinski definition) is 4. The molecule has 1 aliphatic heterocycles. The number of halogens is 1. The normalized spacial score (nSPS) is 19.4. The maximum Gasteiger partial charge on any atom is 0.309 e. The summed E-state index contributed by atoms with van der Waals surface area (Å²) in [7, 11) is 1.64. The van der Waals surface area contributed by atoms with Crippen LogP contribution in [0.1, 0.15) is 56.2 Å². The zero-order chi connectivity index (χ0) is 21.8. The molecule has 1 fully saturated rings. The second-order valence-electron chi connectivity index (χ2n) is 7.94. The van der Waals surface area contributed by atoms with Gasteiger partial charge in [0.25, 0.3) is 0 Å². The summed E-state index contributed by atoms with van der Waals surface area (Å²) in [5.41, 5.74) is 4.90. The van der Waals surface area contributed by atoms with Gasteiger partial charge in [-0.2, -0.15) is 0 Å². The van der Waals surface area contributed by atoms with E-state index in [2.05, 4.69) is 26.8 Å². The van der Waals surface area contributed by atoms with Crippen molar-refractivity contribution >= 4 is 12.0 Å². The number of aliphatic hydroxyl groups excluding tert-OH is 1. The molecule has 160 valence electrons. The van der Waals surface area contributed by atoms with Crippen molar-refractivity contribution in [1.82, 2.24) is 0 Å². The lowest BCUT2D eigenvalue weighted by molar-refractivity contribution is -0.156. The van der Waals surface area contributed by atoms with Crippen LogP contribution in [0.15, 0.2) is 36.4 Å². The largest absolute Gasteiger partial charge is 0.496 e. The first kappa shape index (κ1) is 22.0. The van der Waals surface area contributed by atoms with Gasteiger partial charge in [0.2, 0.25) is 0 Å². The van der Waals surface area contributed by atoms with E-state index < -0.39 is 18.2 Å². The molecule has 5 heteroatoms. The van der Waals surface area contributed by atoms with Crippen molar-refractivity contribution < 1.29 is 23.8 Å². The van der Waals surface area contributed by atoms with Crippen LogP contribution in [0, 0.1) is 5.82 Å². The topological polar surface area (TPSA) is 55.8 Å². The number of cyclic esters (lactones) is 1. The number of rotatable bonds is 6. The van der Waals surface area contributed by atoms with Gasteiger partial charge in [0.15, 0.2) is 0 Å². The van der Waals surface area contributed by atoms with E-state index in [4.69, 9.17) is 9.47 Å². The van der Waals surface area contributed by atoms with E-state index >= 15 is 0 Å². The highest BCUT2D eigenvalue weighted by Gasteiger charge is 2.26. The summed E-state index contributed by atoms with van der Waals surface area (Å²) in [5.74, 6) is 0.298. The minimum atomic E-state index is -0.695. The monoisotopic (exact) mass is 412 g/mol. The van der Waals surface area contributed by atoms with Gasteiger partial charge < -0.3 is 14.6 Å². The molecule has 2 aromatic carbocycles. The predicted molar refractivity (Wildman–Crippen MR) is 116 cm³/mol. The first-order valence-corrected chi connectivity index (χ1v) is 10.4. The molecule has 0 spiro atoms. The second-order valence-corrected chi connectivity index (χ2v) is 7.94. The quantitative estimate of drug-likeness (QED) is 0.657. The number of carbonyl (C=O) groups is 1. The van der Waals surface area contributed by atoms with E-state index in [-0.39, 0.29) is 18.2 Å². The summed E-state index contributed by atoms with van der Waals surface area (Å²) in [6.07, 6.45) is 3.77. The number of methoxy groups -OCH3 is 1. The van der Waals surface area contributed by atoms with Crippen molar-refractivity contribution in [1.29, 1.82) is 0 Å². The highest BCUT2D eigenvalue weighted by molar-refractivity contribution is 5.84. The number of benzene rings is 2. The van der Waals surface area contributed by atoms with Gasteiger partial charge in [-0.3, -0.25) is 4.79 Å². The molecule has 2 unspecified atom stereocenters. The molecule has 3 rings (SSSR count). The number of aryl methyl sites for hydroxylation is 1. The zero-order valence-corrected chi connectivity index (χ0v) is 17.9. The Morgan fingerprint density at radius 2 is 2.00 bits per heavy atom. The Kier molecular flexibility index (Phi) is 6.93. The number of hydrogen-bond donors (Lipinski definition) is 1. The zero-order valence-electron chi connectivity index (χ0n) is 17.9. The SMILES string of the molecule is CCc1cc(C(C)C)c(/C=C/C2CC(O)CC(=O)O2)c(-c2ccc(F)cc2)c1OC. The van der Waals surface area contributed by atoms with Crippen LogP contribution in [-0.2, 0) is 16.0 Å². The Morgan fingerprint density at radius 3 is 2.57 bits per heavy atom. The fourth-order valence-electron chi connectivity index (χ4n) is 3.94. The summed E-state index contributed by atoms with van der Waals surface area (Å²) < 4.78 is 24.8. The lowest BCUT2D eigenvalue weighted by Gasteiger charge is -2.25. The Balaban J connectivity index is 2.19. The molecule has 0 aliphatic carbocycles. The molecule has 4 nitrogen and oxygen atoms in total. The molecule has 1 N–H and O–H groups in total. The maximum absolute atomic E-state index is 13.6. The number of ether oxygens (including phenoxy) is 2.